The van der Waals surface area contributed by atoms with Gasteiger partial charge in [0.05, 0.1) is 5.02 Å². The minimum atomic E-state index is -0.375. The number of likely N-dealkylation sites (tertiary alicyclic amines) is 1. The molecule has 1 aliphatic rings. The Morgan fingerprint density at radius 3 is 2.62 bits per heavy atom. The van der Waals surface area contributed by atoms with Crippen molar-refractivity contribution in [2.45, 2.75) is 18.9 Å². The van der Waals surface area contributed by atoms with Crippen LogP contribution in [-0.4, -0.2) is 30.1 Å². The molecule has 1 N–H and O–H groups in total. The van der Waals surface area contributed by atoms with Crippen LogP contribution in [-0.2, 0) is 0 Å². The molecule has 6 heteroatoms. The molecule has 2 aromatic rings. The summed E-state index contributed by atoms with van der Waals surface area (Å²) in [5, 5.41) is 3.30. The van der Waals surface area contributed by atoms with Crippen LogP contribution in [0, 0.1) is 5.82 Å². The van der Waals surface area contributed by atoms with Gasteiger partial charge in [-0.15, -0.1) is 0 Å². The number of rotatable bonds is 3. The normalized spacial score (nSPS) is 15.2. The fourth-order valence-corrected chi connectivity index (χ4v) is 2.85. The summed E-state index contributed by atoms with van der Waals surface area (Å²) in [7, 11) is 0. The van der Waals surface area contributed by atoms with Crippen molar-refractivity contribution in [3.05, 3.63) is 59.4 Å². The van der Waals surface area contributed by atoms with Gasteiger partial charge in [0.2, 0.25) is 0 Å². The van der Waals surface area contributed by atoms with Gasteiger partial charge in [0, 0.05) is 31.6 Å². The Kier molecular flexibility index (Phi) is 5.20. The quantitative estimate of drug-likeness (QED) is 0.883. The maximum Gasteiger partial charge on any atom is 0.321 e. The van der Waals surface area contributed by atoms with Gasteiger partial charge in [-0.25, -0.2) is 9.18 Å². The molecule has 0 unspecified atom stereocenters. The molecule has 0 saturated carbocycles. The number of urea groups is 1. The van der Waals surface area contributed by atoms with Gasteiger partial charge < -0.3 is 15.0 Å². The third-order valence-electron chi connectivity index (χ3n) is 3.94. The van der Waals surface area contributed by atoms with Crippen molar-refractivity contribution in [3.8, 4) is 5.75 Å². The molecule has 0 radical (unpaired) electrons. The standard InChI is InChI=1S/C18H18ClFN2O2/c19-16-6-1-2-7-17(16)24-15-8-10-22(11-9-15)18(23)21-14-5-3-4-13(20)12-14/h1-7,12,15H,8-11H2,(H,21,23). The highest BCUT2D eigenvalue weighted by molar-refractivity contribution is 6.32. The fourth-order valence-electron chi connectivity index (χ4n) is 2.67. The smallest absolute Gasteiger partial charge is 0.321 e. The molecular formula is C18H18ClFN2O2. The summed E-state index contributed by atoms with van der Waals surface area (Å²) in [5.74, 6) is 0.293. The van der Waals surface area contributed by atoms with E-state index in [1.54, 1.807) is 23.1 Å². The molecule has 2 aromatic carbocycles. The summed E-state index contributed by atoms with van der Waals surface area (Å²) < 4.78 is 19.1. The molecule has 0 spiro atoms. The van der Waals surface area contributed by atoms with E-state index in [4.69, 9.17) is 16.3 Å². The fraction of sp³-hybridized carbons (Fsp3) is 0.278. The Morgan fingerprint density at radius 2 is 1.92 bits per heavy atom. The summed E-state index contributed by atoms with van der Waals surface area (Å²) in [4.78, 5) is 13.9. The van der Waals surface area contributed by atoms with Crippen LogP contribution in [0.4, 0.5) is 14.9 Å². The lowest BCUT2D eigenvalue weighted by Gasteiger charge is -2.32. The first kappa shape index (κ1) is 16.6. The Hall–Kier alpha value is -2.27. The molecule has 3 rings (SSSR count). The highest BCUT2D eigenvalue weighted by Crippen LogP contribution is 2.26. The number of nitrogens with one attached hydrogen (secondary N) is 1. The lowest BCUT2D eigenvalue weighted by molar-refractivity contribution is 0.115. The van der Waals surface area contributed by atoms with E-state index in [0.717, 1.165) is 12.8 Å². The first-order valence-corrected chi connectivity index (χ1v) is 8.22. The van der Waals surface area contributed by atoms with Crippen LogP contribution in [0.3, 0.4) is 0 Å². The number of para-hydroxylation sites is 1. The van der Waals surface area contributed by atoms with Crippen molar-refractivity contribution in [2.75, 3.05) is 18.4 Å². The first-order valence-electron chi connectivity index (χ1n) is 7.84. The topological polar surface area (TPSA) is 41.6 Å². The Balaban J connectivity index is 1.51. The maximum absolute atomic E-state index is 13.2. The van der Waals surface area contributed by atoms with Crippen LogP contribution >= 0.6 is 11.6 Å². The lowest BCUT2D eigenvalue weighted by Crippen LogP contribution is -2.43. The number of hydrogen-bond acceptors (Lipinski definition) is 2. The molecule has 1 saturated heterocycles. The minimum Gasteiger partial charge on any atom is -0.489 e. The predicted octanol–water partition coefficient (Wildman–Crippen LogP) is 4.55. The van der Waals surface area contributed by atoms with Gasteiger partial charge in [-0.2, -0.15) is 0 Å². The third-order valence-corrected chi connectivity index (χ3v) is 4.25. The zero-order chi connectivity index (χ0) is 16.9. The molecule has 1 aliphatic heterocycles. The molecule has 126 valence electrons. The zero-order valence-electron chi connectivity index (χ0n) is 13.0. The number of piperidine rings is 1. The van der Waals surface area contributed by atoms with E-state index in [1.165, 1.54) is 12.1 Å². The largest absolute Gasteiger partial charge is 0.489 e. The number of amides is 2. The Bertz CT molecular complexity index is 718. The number of carbonyl (C=O) groups is 1. The molecule has 1 fully saturated rings. The number of anilines is 1. The van der Waals surface area contributed by atoms with Crippen LogP contribution in [0.2, 0.25) is 5.02 Å². The summed E-state index contributed by atoms with van der Waals surface area (Å²) in [6, 6.07) is 13.0. The van der Waals surface area contributed by atoms with Crippen molar-refractivity contribution in [3.63, 3.8) is 0 Å². The van der Waals surface area contributed by atoms with Gasteiger partial charge in [0.15, 0.2) is 0 Å². The van der Waals surface area contributed by atoms with Crippen molar-refractivity contribution >= 4 is 23.3 Å². The molecule has 2 amide bonds. The number of halogens is 2. The van der Waals surface area contributed by atoms with Crippen molar-refractivity contribution in [1.82, 2.24) is 4.90 Å². The van der Waals surface area contributed by atoms with E-state index in [2.05, 4.69) is 5.32 Å². The second-order valence-corrected chi connectivity index (χ2v) is 6.08. The van der Waals surface area contributed by atoms with Gasteiger partial charge >= 0.3 is 6.03 Å². The van der Waals surface area contributed by atoms with Gasteiger partial charge in [-0.3, -0.25) is 0 Å². The van der Waals surface area contributed by atoms with Gasteiger partial charge in [-0.1, -0.05) is 29.8 Å². The minimum absolute atomic E-state index is 0.0307. The molecule has 4 nitrogen and oxygen atoms in total. The average Bonchev–Trinajstić information content (AvgIpc) is 2.57. The highest BCUT2D eigenvalue weighted by atomic mass is 35.5. The highest BCUT2D eigenvalue weighted by Gasteiger charge is 2.24. The van der Waals surface area contributed by atoms with E-state index >= 15 is 0 Å². The van der Waals surface area contributed by atoms with Crippen LogP contribution in [0.15, 0.2) is 48.5 Å². The lowest BCUT2D eigenvalue weighted by atomic mass is 10.1. The van der Waals surface area contributed by atoms with Crippen LogP contribution in [0.1, 0.15) is 12.8 Å². The van der Waals surface area contributed by atoms with Gasteiger partial charge in [-0.05, 0) is 30.3 Å². The summed E-state index contributed by atoms with van der Waals surface area (Å²) in [6.45, 7) is 1.16. The monoisotopic (exact) mass is 348 g/mol. The molecule has 0 atom stereocenters. The molecule has 1 heterocycles. The van der Waals surface area contributed by atoms with Crippen LogP contribution < -0.4 is 10.1 Å². The second-order valence-electron chi connectivity index (χ2n) is 5.68. The molecular weight excluding hydrogens is 331 g/mol. The Labute approximate surface area is 145 Å². The molecule has 0 aliphatic carbocycles. The summed E-state index contributed by atoms with van der Waals surface area (Å²) in [5.41, 5.74) is 0.453. The van der Waals surface area contributed by atoms with Crippen molar-refractivity contribution < 1.29 is 13.9 Å². The number of benzene rings is 2. The van der Waals surface area contributed by atoms with E-state index in [0.29, 0.717) is 29.5 Å². The number of nitrogens with zero attached hydrogens (tertiary/aromatic N) is 1. The van der Waals surface area contributed by atoms with Crippen LogP contribution in [0.25, 0.3) is 0 Å². The van der Waals surface area contributed by atoms with E-state index in [9.17, 15) is 9.18 Å². The van der Waals surface area contributed by atoms with E-state index in [1.807, 2.05) is 18.2 Å². The molecule has 0 bridgehead atoms. The summed E-state index contributed by atoms with van der Waals surface area (Å²) in [6.07, 6.45) is 1.48. The van der Waals surface area contributed by atoms with Crippen molar-refractivity contribution in [1.29, 1.82) is 0 Å². The molecule has 0 aromatic heterocycles. The van der Waals surface area contributed by atoms with Gasteiger partial charge in [0.25, 0.3) is 0 Å². The predicted molar refractivity (Wildman–Crippen MR) is 92.1 cm³/mol. The van der Waals surface area contributed by atoms with Crippen LogP contribution in [0.5, 0.6) is 5.75 Å². The number of hydrogen-bond donors (Lipinski definition) is 1. The van der Waals surface area contributed by atoms with E-state index < -0.39 is 0 Å². The number of carbonyl (C=O) groups excluding carboxylic acids is 1. The van der Waals surface area contributed by atoms with E-state index in [-0.39, 0.29) is 18.0 Å². The average molecular weight is 349 g/mol. The summed E-state index contributed by atoms with van der Waals surface area (Å²) >= 11 is 6.10. The van der Waals surface area contributed by atoms with Gasteiger partial charge in [0.1, 0.15) is 17.7 Å². The first-order chi connectivity index (χ1) is 11.6. The maximum atomic E-state index is 13.2. The second kappa shape index (κ2) is 7.53. The SMILES string of the molecule is O=C(Nc1cccc(F)c1)N1CCC(Oc2ccccc2Cl)CC1. The zero-order valence-corrected chi connectivity index (χ0v) is 13.8. The molecule has 24 heavy (non-hydrogen) atoms. The van der Waals surface area contributed by atoms with Crippen molar-refractivity contribution in [2.24, 2.45) is 0 Å². The number of ether oxygens (including phenoxy) is 1. The third kappa shape index (κ3) is 4.17. The Morgan fingerprint density at radius 1 is 1.17 bits per heavy atom.